The van der Waals surface area contributed by atoms with E-state index in [1.54, 1.807) is 23.1 Å². The molecule has 0 atom stereocenters. The van der Waals surface area contributed by atoms with Gasteiger partial charge in [0.1, 0.15) is 17.1 Å². The van der Waals surface area contributed by atoms with Gasteiger partial charge in [-0.15, -0.1) is 0 Å². The number of hydrogen-bond donors (Lipinski definition) is 1. The average molecular weight is 572 g/mol. The van der Waals surface area contributed by atoms with Crippen molar-refractivity contribution in [2.75, 3.05) is 37.3 Å². The summed E-state index contributed by atoms with van der Waals surface area (Å²) >= 11 is 0. The van der Waals surface area contributed by atoms with Crippen molar-refractivity contribution in [2.24, 2.45) is 5.41 Å². The van der Waals surface area contributed by atoms with Crippen molar-refractivity contribution in [1.29, 1.82) is 0 Å². The maximum absolute atomic E-state index is 13.7. The van der Waals surface area contributed by atoms with Crippen LogP contribution in [-0.2, 0) is 14.6 Å². The number of aromatic nitrogens is 1. The molecule has 3 aromatic rings. The van der Waals surface area contributed by atoms with Gasteiger partial charge < -0.3 is 19.6 Å². The molecule has 212 valence electrons. The lowest BCUT2D eigenvalue weighted by Crippen LogP contribution is -2.64. The van der Waals surface area contributed by atoms with Gasteiger partial charge in [0.15, 0.2) is 21.5 Å². The number of aliphatic hydroxyl groups is 1. The van der Waals surface area contributed by atoms with Crippen LogP contribution in [0.2, 0.25) is 0 Å². The number of pyridine rings is 1. The van der Waals surface area contributed by atoms with Crippen molar-refractivity contribution in [3.05, 3.63) is 66.5 Å². The zero-order valence-corrected chi connectivity index (χ0v) is 23.3. The van der Waals surface area contributed by atoms with Crippen LogP contribution in [0, 0.1) is 17.0 Å². The van der Waals surface area contributed by atoms with Crippen LogP contribution in [-0.4, -0.2) is 67.4 Å². The summed E-state index contributed by atoms with van der Waals surface area (Å²) in [7, 11) is -3.61. The van der Waals surface area contributed by atoms with Gasteiger partial charge in [-0.1, -0.05) is 6.07 Å². The topological polar surface area (TPSA) is 100 Å². The maximum atomic E-state index is 13.7. The van der Waals surface area contributed by atoms with Gasteiger partial charge in [0, 0.05) is 55.7 Å². The lowest BCUT2D eigenvalue weighted by Gasteiger charge is -2.55. The fraction of sp³-hybridized carbons (Fsp3) is 0.379. The fourth-order valence-electron chi connectivity index (χ4n) is 5.39. The summed E-state index contributed by atoms with van der Waals surface area (Å²) < 4.78 is 58.5. The number of nitrogens with zero attached hydrogens (tertiary/aromatic N) is 3. The van der Waals surface area contributed by atoms with Crippen molar-refractivity contribution in [3.63, 3.8) is 0 Å². The first-order valence-electron chi connectivity index (χ1n) is 12.9. The molecule has 0 unspecified atom stereocenters. The van der Waals surface area contributed by atoms with Crippen molar-refractivity contribution in [2.45, 2.75) is 37.2 Å². The number of piperidine rings is 1. The molecule has 0 bridgehead atoms. The lowest BCUT2D eigenvalue weighted by molar-refractivity contribution is -0.161. The minimum atomic E-state index is -3.61. The van der Waals surface area contributed by atoms with Gasteiger partial charge >= 0.3 is 0 Å². The van der Waals surface area contributed by atoms with Gasteiger partial charge in [0.25, 0.3) is 5.91 Å². The Bertz CT molecular complexity index is 1560. The zero-order valence-electron chi connectivity index (χ0n) is 22.5. The zero-order chi connectivity index (χ0) is 28.9. The van der Waals surface area contributed by atoms with Gasteiger partial charge in [-0.25, -0.2) is 17.2 Å². The van der Waals surface area contributed by atoms with Crippen LogP contribution in [0.25, 0.3) is 11.1 Å². The largest absolute Gasteiger partial charge is 0.456 e. The Kier molecular flexibility index (Phi) is 7.08. The standard InChI is InChI=1S/C29H31F2N3O5S/c1-28(2,36)27(35)34-17-29(18-34)8-10-33(11-9-29)25-7-5-21(14-26(25)40(3,37)38)39-22-12-20(15-32-16-22)19-4-6-23(30)24(31)13-19/h4-7,12-16,36H,8-11,17-18H2,1-3H3. The second-order valence-electron chi connectivity index (χ2n) is 11.2. The molecule has 2 saturated heterocycles. The number of halogens is 2. The van der Waals surface area contributed by atoms with Crippen LogP contribution in [0.5, 0.6) is 11.5 Å². The Balaban J connectivity index is 1.31. The van der Waals surface area contributed by atoms with Crippen LogP contribution in [0.4, 0.5) is 14.5 Å². The molecule has 8 nitrogen and oxygen atoms in total. The molecule has 2 fully saturated rings. The molecule has 0 radical (unpaired) electrons. The number of sulfone groups is 1. The molecule has 2 aliphatic heterocycles. The highest BCUT2D eigenvalue weighted by Crippen LogP contribution is 2.43. The van der Waals surface area contributed by atoms with Gasteiger partial charge in [-0.2, -0.15) is 0 Å². The second kappa shape index (κ2) is 10.1. The van der Waals surface area contributed by atoms with Gasteiger partial charge in [0.05, 0.1) is 16.8 Å². The molecule has 1 aromatic heterocycles. The average Bonchev–Trinajstić information content (AvgIpc) is 2.88. The predicted molar refractivity (Wildman–Crippen MR) is 146 cm³/mol. The highest BCUT2D eigenvalue weighted by Gasteiger charge is 2.49. The fourth-order valence-corrected chi connectivity index (χ4v) is 6.30. The van der Waals surface area contributed by atoms with Crippen molar-refractivity contribution in [3.8, 4) is 22.6 Å². The molecule has 3 heterocycles. The van der Waals surface area contributed by atoms with E-state index in [0.29, 0.717) is 54.5 Å². The van der Waals surface area contributed by atoms with E-state index in [1.807, 2.05) is 4.90 Å². The van der Waals surface area contributed by atoms with E-state index in [0.717, 1.165) is 31.2 Å². The van der Waals surface area contributed by atoms with Crippen LogP contribution in [0.3, 0.4) is 0 Å². The Morgan fingerprint density at radius 1 is 0.975 bits per heavy atom. The normalized spacial score (nSPS) is 17.1. The number of ether oxygens (including phenoxy) is 1. The van der Waals surface area contributed by atoms with Crippen LogP contribution >= 0.6 is 0 Å². The first kappa shape index (κ1) is 28.0. The minimum Gasteiger partial charge on any atom is -0.456 e. The van der Waals surface area contributed by atoms with Gasteiger partial charge in [0.2, 0.25) is 0 Å². The second-order valence-corrected chi connectivity index (χ2v) is 13.2. The van der Waals surface area contributed by atoms with Crippen LogP contribution in [0.15, 0.2) is 59.8 Å². The molecule has 1 amide bonds. The van der Waals surface area contributed by atoms with E-state index < -0.39 is 27.1 Å². The van der Waals surface area contributed by atoms with E-state index in [9.17, 15) is 27.1 Å². The number of carbonyl (C=O) groups excluding carboxylic acids is 1. The summed E-state index contributed by atoms with van der Waals surface area (Å²) in [5, 5.41) is 10.0. The minimum absolute atomic E-state index is 0.0167. The quantitative estimate of drug-likeness (QED) is 0.468. The molecular weight excluding hydrogens is 540 g/mol. The number of hydrogen-bond acceptors (Lipinski definition) is 7. The Morgan fingerprint density at radius 2 is 1.68 bits per heavy atom. The molecule has 40 heavy (non-hydrogen) atoms. The Labute approximate surface area is 232 Å². The highest BCUT2D eigenvalue weighted by molar-refractivity contribution is 7.90. The highest BCUT2D eigenvalue weighted by atomic mass is 32.2. The van der Waals surface area contributed by atoms with E-state index in [-0.39, 0.29) is 16.2 Å². The lowest BCUT2D eigenvalue weighted by atomic mass is 9.71. The van der Waals surface area contributed by atoms with E-state index in [4.69, 9.17) is 4.74 Å². The van der Waals surface area contributed by atoms with Crippen LogP contribution in [0.1, 0.15) is 26.7 Å². The molecule has 0 aliphatic carbocycles. The maximum Gasteiger partial charge on any atom is 0.253 e. The summed E-state index contributed by atoms with van der Waals surface area (Å²) in [6, 6.07) is 10.0. The molecule has 1 spiro atoms. The Morgan fingerprint density at radius 3 is 2.30 bits per heavy atom. The predicted octanol–water partition coefficient (Wildman–Crippen LogP) is 4.42. The summed E-state index contributed by atoms with van der Waals surface area (Å²) in [5.74, 6) is -1.60. The van der Waals surface area contributed by atoms with Gasteiger partial charge in [-0.3, -0.25) is 9.78 Å². The third-order valence-corrected chi connectivity index (χ3v) is 8.69. The summed E-state index contributed by atoms with van der Waals surface area (Å²) in [4.78, 5) is 20.3. The number of rotatable bonds is 6. The van der Waals surface area contributed by atoms with E-state index in [1.165, 1.54) is 38.4 Å². The van der Waals surface area contributed by atoms with Crippen LogP contribution < -0.4 is 9.64 Å². The monoisotopic (exact) mass is 571 g/mol. The van der Waals surface area contributed by atoms with Gasteiger partial charge in [-0.05, 0) is 62.6 Å². The summed E-state index contributed by atoms with van der Waals surface area (Å²) in [6.07, 6.45) is 5.69. The van der Waals surface area contributed by atoms with E-state index in [2.05, 4.69) is 4.98 Å². The number of amides is 1. The molecule has 0 saturated carbocycles. The van der Waals surface area contributed by atoms with Crippen molar-refractivity contribution in [1.82, 2.24) is 9.88 Å². The first-order chi connectivity index (χ1) is 18.7. The SMILES string of the molecule is CC(C)(O)C(=O)N1CC2(CCN(c3ccc(Oc4cncc(-c5ccc(F)c(F)c5)c4)cc3S(C)(=O)=O)CC2)C1. The number of anilines is 1. The third kappa shape index (κ3) is 5.66. The first-order valence-corrected chi connectivity index (χ1v) is 14.8. The Hall–Kier alpha value is -3.57. The smallest absolute Gasteiger partial charge is 0.253 e. The molecule has 2 aromatic carbocycles. The molecule has 11 heteroatoms. The summed E-state index contributed by atoms with van der Waals surface area (Å²) in [5.41, 5.74) is 0.106. The number of benzene rings is 2. The third-order valence-electron chi connectivity index (χ3n) is 7.56. The molecule has 1 N–H and O–H groups in total. The molecular formula is C29H31F2N3O5S. The van der Waals surface area contributed by atoms with Crippen molar-refractivity contribution < 1.29 is 31.8 Å². The molecule has 5 rings (SSSR count). The number of likely N-dealkylation sites (tertiary alicyclic amines) is 1. The van der Waals surface area contributed by atoms with E-state index >= 15 is 0 Å². The molecule has 2 aliphatic rings. The van der Waals surface area contributed by atoms with Crippen molar-refractivity contribution >= 4 is 21.4 Å². The summed E-state index contributed by atoms with van der Waals surface area (Å²) in [6.45, 7) is 5.42. The number of carbonyl (C=O) groups is 1.